The minimum absolute atomic E-state index is 0. The lowest BCUT2D eigenvalue weighted by Gasteiger charge is -2.27. The monoisotopic (exact) mass is 430 g/mol. The van der Waals surface area contributed by atoms with Gasteiger partial charge in [-0.2, -0.15) is 11.8 Å². The van der Waals surface area contributed by atoms with Gasteiger partial charge in [-0.15, -0.1) is 24.0 Å². The molecule has 0 bridgehead atoms. The highest BCUT2D eigenvalue weighted by molar-refractivity contribution is 14.0. The third-order valence-corrected chi connectivity index (χ3v) is 4.35. The first-order valence-electron chi connectivity index (χ1n) is 6.95. The van der Waals surface area contributed by atoms with Gasteiger partial charge in [-0.25, -0.2) is 9.98 Å². The summed E-state index contributed by atoms with van der Waals surface area (Å²) >= 11 is 1.95. The molecular formula is C15H19IN4OS. The molecule has 2 heterocycles. The van der Waals surface area contributed by atoms with E-state index in [2.05, 4.69) is 14.9 Å². The van der Waals surface area contributed by atoms with Crippen LogP contribution in [-0.4, -0.2) is 40.4 Å². The van der Waals surface area contributed by atoms with Crippen molar-refractivity contribution in [2.45, 2.75) is 6.54 Å². The summed E-state index contributed by atoms with van der Waals surface area (Å²) in [5.41, 5.74) is 7.88. The fourth-order valence-electron chi connectivity index (χ4n) is 2.25. The third kappa shape index (κ3) is 4.16. The molecule has 1 aliphatic rings. The lowest BCUT2D eigenvalue weighted by Crippen LogP contribution is -2.42. The van der Waals surface area contributed by atoms with Crippen molar-refractivity contribution in [3.63, 3.8) is 0 Å². The number of aliphatic imine (C=N–C) groups is 1. The van der Waals surface area contributed by atoms with E-state index < -0.39 is 0 Å². The third-order valence-electron chi connectivity index (χ3n) is 3.40. The largest absolute Gasteiger partial charge is 0.443 e. The number of guanidine groups is 1. The molecule has 2 aromatic rings. The summed E-state index contributed by atoms with van der Waals surface area (Å²) in [5.74, 6) is 3.57. The summed E-state index contributed by atoms with van der Waals surface area (Å²) in [6, 6.07) is 9.93. The molecule has 2 N–H and O–H groups in total. The molecular weight excluding hydrogens is 411 g/mol. The minimum Gasteiger partial charge on any atom is -0.443 e. The average Bonchev–Trinajstić information content (AvgIpc) is 3.03. The van der Waals surface area contributed by atoms with Gasteiger partial charge < -0.3 is 15.1 Å². The van der Waals surface area contributed by atoms with Gasteiger partial charge in [-0.1, -0.05) is 30.3 Å². The van der Waals surface area contributed by atoms with Crippen LogP contribution in [0.3, 0.4) is 0 Å². The molecule has 0 spiro atoms. The summed E-state index contributed by atoms with van der Waals surface area (Å²) in [6.07, 6.45) is 1.46. The van der Waals surface area contributed by atoms with Gasteiger partial charge in [0.1, 0.15) is 5.69 Å². The summed E-state index contributed by atoms with van der Waals surface area (Å²) < 4.78 is 5.49. The molecule has 1 aliphatic heterocycles. The van der Waals surface area contributed by atoms with Crippen molar-refractivity contribution in [2.24, 2.45) is 10.7 Å². The molecule has 118 valence electrons. The number of aromatic nitrogens is 1. The van der Waals surface area contributed by atoms with Crippen molar-refractivity contribution >= 4 is 41.7 Å². The van der Waals surface area contributed by atoms with Gasteiger partial charge >= 0.3 is 0 Å². The fraction of sp³-hybridized carbons (Fsp3) is 0.333. The smallest absolute Gasteiger partial charge is 0.191 e. The van der Waals surface area contributed by atoms with Crippen LogP contribution in [-0.2, 0) is 6.54 Å². The van der Waals surface area contributed by atoms with E-state index in [-0.39, 0.29) is 24.0 Å². The topological polar surface area (TPSA) is 67.6 Å². The zero-order valence-corrected chi connectivity index (χ0v) is 15.3. The maximum atomic E-state index is 6.06. The van der Waals surface area contributed by atoms with Gasteiger partial charge in [0.15, 0.2) is 18.1 Å². The van der Waals surface area contributed by atoms with Gasteiger partial charge in [0.2, 0.25) is 0 Å². The predicted octanol–water partition coefficient (Wildman–Crippen LogP) is 2.82. The van der Waals surface area contributed by atoms with Crippen LogP contribution in [0.25, 0.3) is 11.3 Å². The van der Waals surface area contributed by atoms with E-state index >= 15 is 0 Å². The first-order chi connectivity index (χ1) is 10.3. The van der Waals surface area contributed by atoms with E-state index in [0.717, 1.165) is 41.6 Å². The average molecular weight is 430 g/mol. The van der Waals surface area contributed by atoms with E-state index in [9.17, 15) is 0 Å². The second-order valence-electron chi connectivity index (χ2n) is 4.77. The van der Waals surface area contributed by atoms with Crippen LogP contribution in [0.4, 0.5) is 0 Å². The molecule has 0 saturated carbocycles. The molecule has 5 nitrogen and oxygen atoms in total. The fourth-order valence-corrected chi connectivity index (χ4v) is 3.16. The van der Waals surface area contributed by atoms with Crippen molar-refractivity contribution in [2.75, 3.05) is 24.6 Å². The molecule has 0 unspecified atom stereocenters. The number of oxazole rings is 1. The maximum absolute atomic E-state index is 6.06. The Kier molecular flexibility index (Phi) is 6.56. The Morgan fingerprint density at radius 1 is 1.27 bits per heavy atom. The summed E-state index contributed by atoms with van der Waals surface area (Å²) in [7, 11) is 0. The first-order valence-corrected chi connectivity index (χ1v) is 8.10. The zero-order chi connectivity index (χ0) is 14.5. The molecule has 3 rings (SSSR count). The van der Waals surface area contributed by atoms with Gasteiger partial charge in [0.05, 0.1) is 6.54 Å². The van der Waals surface area contributed by atoms with Crippen molar-refractivity contribution in [1.29, 1.82) is 0 Å². The molecule has 1 aromatic carbocycles. The highest BCUT2D eigenvalue weighted by Crippen LogP contribution is 2.23. The highest BCUT2D eigenvalue weighted by atomic mass is 127. The minimum atomic E-state index is 0. The van der Waals surface area contributed by atoms with Gasteiger partial charge in [-0.3, -0.25) is 0 Å². The van der Waals surface area contributed by atoms with Crippen LogP contribution < -0.4 is 5.73 Å². The van der Waals surface area contributed by atoms with Crippen molar-refractivity contribution < 1.29 is 4.42 Å². The molecule has 1 saturated heterocycles. The van der Waals surface area contributed by atoms with E-state index in [1.807, 2.05) is 42.1 Å². The Hall–Kier alpha value is -1.22. The number of benzene rings is 1. The lowest BCUT2D eigenvalue weighted by molar-refractivity contribution is 0.455. The van der Waals surface area contributed by atoms with Crippen LogP contribution in [0.15, 0.2) is 46.1 Å². The molecule has 7 heteroatoms. The Morgan fingerprint density at radius 3 is 2.73 bits per heavy atom. The van der Waals surface area contributed by atoms with Gasteiger partial charge in [0.25, 0.3) is 0 Å². The van der Waals surface area contributed by atoms with Crippen LogP contribution in [0, 0.1) is 0 Å². The van der Waals surface area contributed by atoms with E-state index in [0.29, 0.717) is 12.5 Å². The van der Waals surface area contributed by atoms with E-state index in [1.54, 1.807) is 0 Å². The normalized spacial score (nSPS) is 15.5. The Morgan fingerprint density at radius 2 is 2.00 bits per heavy atom. The second kappa shape index (κ2) is 8.42. The summed E-state index contributed by atoms with van der Waals surface area (Å²) in [6.45, 7) is 2.37. The van der Waals surface area contributed by atoms with Crippen LogP contribution in [0.1, 0.15) is 5.69 Å². The molecule has 22 heavy (non-hydrogen) atoms. The van der Waals surface area contributed by atoms with Crippen molar-refractivity contribution in [3.8, 4) is 11.3 Å². The van der Waals surface area contributed by atoms with Crippen LogP contribution in [0.2, 0.25) is 0 Å². The van der Waals surface area contributed by atoms with Gasteiger partial charge in [0, 0.05) is 30.2 Å². The molecule has 0 radical (unpaired) electrons. The molecule has 0 atom stereocenters. The maximum Gasteiger partial charge on any atom is 0.191 e. The standard InChI is InChI=1S/C15H18N4OS.HI/c16-15(19-6-8-21-9-7-19)17-10-13-14(20-11-18-13)12-4-2-1-3-5-12;/h1-5,11H,6-10H2,(H2,16,17);1H. The van der Waals surface area contributed by atoms with E-state index in [4.69, 9.17) is 10.2 Å². The molecule has 0 amide bonds. The summed E-state index contributed by atoms with van der Waals surface area (Å²) in [5, 5.41) is 0. The van der Waals surface area contributed by atoms with Crippen LogP contribution >= 0.6 is 35.7 Å². The molecule has 1 fully saturated rings. The zero-order valence-electron chi connectivity index (χ0n) is 12.1. The Bertz CT molecular complexity index is 611. The molecule has 1 aromatic heterocycles. The number of hydrogen-bond acceptors (Lipinski definition) is 4. The first kappa shape index (κ1) is 17.1. The van der Waals surface area contributed by atoms with E-state index in [1.165, 1.54) is 6.39 Å². The van der Waals surface area contributed by atoms with Gasteiger partial charge in [-0.05, 0) is 0 Å². The number of halogens is 1. The number of hydrogen-bond donors (Lipinski definition) is 1. The Balaban J connectivity index is 0.00000176. The van der Waals surface area contributed by atoms with Crippen molar-refractivity contribution in [1.82, 2.24) is 9.88 Å². The second-order valence-corrected chi connectivity index (χ2v) is 5.99. The van der Waals surface area contributed by atoms with Crippen LogP contribution in [0.5, 0.6) is 0 Å². The molecule has 0 aliphatic carbocycles. The number of nitrogens with two attached hydrogens (primary N) is 1. The quantitative estimate of drug-likeness (QED) is 0.461. The lowest BCUT2D eigenvalue weighted by atomic mass is 10.1. The highest BCUT2D eigenvalue weighted by Gasteiger charge is 2.14. The van der Waals surface area contributed by atoms with Crippen molar-refractivity contribution in [3.05, 3.63) is 42.4 Å². The Labute approximate surface area is 151 Å². The SMILES string of the molecule is I.NC(=NCc1ncoc1-c1ccccc1)N1CCSCC1. The number of nitrogens with zero attached hydrogens (tertiary/aromatic N) is 3. The summed E-state index contributed by atoms with van der Waals surface area (Å²) in [4.78, 5) is 10.8. The number of thioether (sulfide) groups is 1. The predicted molar refractivity (Wildman–Crippen MR) is 102 cm³/mol. The number of rotatable bonds is 3.